The topological polar surface area (TPSA) is 51.2 Å². The van der Waals surface area contributed by atoms with Crippen LogP contribution in [0.1, 0.15) is 36.7 Å². The van der Waals surface area contributed by atoms with E-state index in [-0.39, 0.29) is 17.9 Å². The Morgan fingerprint density at radius 1 is 1.59 bits per heavy atom. The van der Waals surface area contributed by atoms with Gasteiger partial charge in [-0.05, 0) is 13.3 Å². The molecule has 0 bridgehead atoms. The molecule has 17 heavy (non-hydrogen) atoms. The molecule has 0 aromatic carbocycles. The summed E-state index contributed by atoms with van der Waals surface area (Å²) in [5.41, 5.74) is 0. The Morgan fingerprint density at radius 2 is 2.29 bits per heavy atom. The lowest BCUT2D eigenvalue weighted by atomic mass is 10.2. The van der Waals surface area contributed by atoms with Crippen molar-refractivity contribution in [2.45, 2.75) is 33.2 Å². The van der Waals surface area contributed by atoms with Gasteiger partial charge >= 0.3 is 5.97 Å². The van der Waals surface area contributed by atoms with Crippen LogP contribution in [0, 0.1) is 5.92 Å². The van der Waals surface area contributed by atoms with Crippen LogP contribution in [0.25, 0.3) is 0 Å². The number of esters is 1. The summed E-state index contributed by atoms with van der Waals surface area (Å²) in [6.07, 6.45) is 2.94. The second-order valence-electron chi connectivity index (χ2n) is 4.07. The zero-order valence-electron chi connectivity index (χ0n) is 10.8. The summed E-state index contributed by atoms with van der Waals surface area (Å²) < 4.78 is 4.68. The van der Waals surface area contributed by atoms with E-state index in [0.29, 0.717) is 6.54 Å². The summed E-state index contributed by atoms with van der Waals surface area (Å²) in [6.45, 7) is 6.64. The smallest absolute Gasteiger partial charge is 0.309 e. The van der Waals surface area contributed by atoms with Gasteiger partial charge in [-0.2, -0.15) is 0 Å². The number of thiazole rings is 1. The number of rotatable bonds is 6. The van der Waals surface area contributed by atoms with Gasteiger partial charge in [0.25, 0.3) is 0 Å². The summed E-state index contributed by atoms with van der Waals surface area (Å²) >= 11 is 1.72. The zero-order valence-corrected chi connectivity index (χ0v) is 11.6. The Kier molecular flexibility index (Phi) is 5.58. The first-order valence-electron chi connectivity index (χ1n) is 5.84. The lowest BCUT2D eigenvalue weighted by molar-refractivity contribution is -0.144. The molecular formula is C12H20N2O2S. The molecule has 0 saturated heterocycles. The standard InChI is InChI=1S/C12H20N2O2S/c1-5-10-7-14-11(17-10)9(3)13-6-8(2)12(15)16-4/h7-9,13H,5-6H2,1-4H3. The number of ether oxygens (including phenoxy) is 1. The third-order valence-electron chi connectivity index (χ3n) is 2.62. The average Bonchev–Trinajstić information content (AvgIpc) is 2.83. The highest BCUT2D eigenvalue weighted by Gasteiger charge is 2.15. The lowest BCUT2D eigenvalue weighted by Gasteiger charge is -2.14. The first kappa shape index (κ1) is 14.1. The van der Waals surface area contributed by atoms with Crippen molar-refractivity contribution in [3.8, 4) is 0 Å². The highest BCUT2D eigenvalue weighted by molar-refractivity contribution is 7.11. The molecule has 4 nitrogen and oxygen atoms in total. The molecule has 0 aliphatic rings. The van der Waals surface area contributed by atoms with E-state index in [9.17, 15) is 4.79 Å². The highest BCUT2D eigenvalue weighted by Crippen LogP contribution is 2.20. The second kappa shape index (κ2) is 6.71. The maximum atomic E-state index is 11.2. The van der Waals surface area contributed by atoms with E-state index in [2.05, 4.69) is 28.9 Å². The van der Waals surface area contributed by atoms with Crippen molar-refractivity contribution < 1.29 is 9.53 Å². The number of carbonyl (C=O) groups is 1. The molecule has 0 spiro atoms. The predicted octanol–water partition coefficient (Wildman–Crippen LogP) is 2.17. The molecule has 0 radical (unpaired) electrons. The van der Waals surface area contributed by atoms with Gasteiger partial charge in [-0.25, -0.2) is 4.98 Å². The molecule has 5 heteroatoms. The molecule has 0 aliphatic carbocycles. The first-order chi connectivity index (χ1) is 8.08. The number of aryl methyl sites for hydroxylation is 1. The number of methoxy groups -OCH3 is 1. The molecule has 0 aliphatic heterocycles. The highest BCUT2D eigenvalue weighted by atomic mass is 32.1. The van der Waals surface area contributed by atoms with E-state index >= 15 is 0 Å². The van der Waals surface area contributed by atoms with Crippen molar-refractivity contribution in [2.24, 2.45) is 5.92 Å². The van der Waals surface area contributed by atoms with Crippen LogP contribution < -0.4 is 5.32 Å². The quantitative estimate of drug-likeness (QED) is 0.793. The Hall–Kier alpha value is -0.940. The summed E-state index contributed by atoms with van der Waals surface area (Å²) in [5, 5.41) is 4.37. The second-order valence-corrected chi connectivity index (χ2v) is 5.22. The van der Waals surface area contributed by atoms with Gasteiger partial charge in [0.05, 0.1) is 19.1 Å². The molecule has 96 valence electrons. The molecular weight excluding hydrogens is 236 g/mol. The zero-order chi connectivity index (χ0) is 12.8. The van der Waals surface area contributed by atoms with Gasteiger partial charge in [-0.15, -0.1) is 11.3 Å². The van der Waals surface area contributed by atoms with Crippen LogP contribution >= 0.6 is 11.3 Å². The minimum absolute atomic E-state index is 0.131. The molecule has 2 atom stereocenters. The summed E-state index contributed by atoms with van der Waals surface area (Å²) in [4.78, 5) is 16.9. The van der Waals surface area contributed by atoms with Gasteiger partial charge in [-0.1, -0.05) is 13.8 Å². The number of carbonyl (C=O) groups excluding carboxylic acids is 1. The maximum Gasteiger partial charge on any atom is 0.309 e. The van der Waals surface area contributed by atoms with Crippen LogP contribution in [0.5, 0.6) is 0 Å². The van der Waals surface area contributed by atoms with Crippen LogP contribution in [0.3, 0.4) is 0 Å². The van der Waals surface area contributed by atoms with Gasteiger partial charge in [-0.3, -0.25) is 4.79 Å². The summed E-state index contributed by atoms with van der Waals surface area (Å²) in [6, 6.07) is 0.174. The van der Waals surface area contributed by atoms with Gasteiger partial charge in [0.15, 0.2) is 0 Å². The SMILES string of the molecule is CCc1cnc(C(C)NCC(C)C(=O)OC)s1. The van der Waals surface area contributed by atoms with Crippen LogP contribution in [0.2, 0.25) is 0 Å². The van der Waals surface area contributed by atoms with Gasteiger partial charge in [0.2, 0.25) is 0 Å². The summed E-state index contributed by atoms with van der Waals surface area (Å²) in [5.74, 6) is -0.314. The number of nitrogens with zero attached hydrogens (tertiary/aromatic N) is 1. The molecule has 1 rings (SSSR count). The molecule has 0 fully saturated rings. The average molecular weight is 256 g/mol. The number of aromatic nitrogens is 1. The van der Waals surface area contributed by atoms with E-state index in [4.69, 9.17) is 0 Å². The Labute approximate surface area is 106 Å². The fraction of sp³-hybridized carbons (Fsp3) is 0.667. The fourth-order valence-corrected chi connectivity index (χ4v) is 2.30. The molecule has 1 N–H and O–H groups in total. The van der Waals surface area contributed by atoms with Gasteiger partial charge < -0.3 is 10.1 Å². The minimum atomic E-state index is -0.182. The number of nitrogens with one attached hydrogen (secondary N) is 1. The predicted molar refractivity (Wildman–Crippen MR) is 69.1 cm³/mol. The van der Waals surface area contributed by atoms with Crippen molar-refractivity contribution in [3.63, 3.8) is 0 Å². The van der Waals surface area contributed by atoms with E-state index in [0.717, 1.165) is 11.4 Å². The monoisotopic (exact) mass is 256 g/mol. The molecule has 2 unspecified atom stereocenters. The third-order valence-corrected chi connectivity index (χ3v) is 3.95. The van der Waals surface area contributed by atoms with E-state index in [1.54, 1.807) is 11.3 Å². The van der Waals surface area contributed by atoms with Gasteiger partial charge in [0, 0.05) is 17.6 Å². The van der Waals surface area contributed by atoms with Crippen LogP contribution in [0.15, 0.2) is 6.20 Å². The van der Waals surface area contributed by atoms with Crippen molar-refractivity contribution >= 4 is 17.3 Å². The van der Waals surface area contributed by atoms with Crippen LogP contribution in [-0.2, 0) is 16.0 Å². The van der Waals surface area contributed by atoms with E-state index < -0.39 is 0 Å². The van der Waals surface area contributed by atoms with Crippen molar-refractivity contribution in [3.05, 3.63) is 16.1 Å². The third kappa shape index (κ3) is 4.09. The number of hydrogen-bond acceptors (Lipinski definition) is 5. The molecule has 0 saturated carbocycles. The Bertz CT molecular complexity index is 365. The largest absolute Gasteiger partial charge is 0.469 e. The Morgan fingerprint density at radius 3 is 2.82 bits per heavy atom. The van der Waals surface area contributed by atoms with E-state index in [1.807, 2.05) is 13.1 Å². The van der Waals surface area contributed by atoms with Crippen LogP contribution in [0.4, 0.5) is 0 Å². The van der Waals surface area contributed by atoms with Crippen molar-refractivity contribution in [1.29, 1.82) is 0 Å². The molecule has 0 amide bonds. The normalized spacial score (nSPS) is 14.4. The maximum absolute atomic E-state index is 11.2. The van der Waals surface area contributed by atoms with Gasteiger partial charge in [0.1, 0.15) is 5.01 Å². The molecule has 1 aromatic rings. The lowest BCUT2D eigenvalue weighted by Crippen LogP contribution is -2.29. The fourth-order valence-electron chi connectivity index (χ4n) is 1.41. The van der Waals surface area contributed by atoms with Crippen molar-refractivity contribution in [1.82, 2.24) is 10.3 Å². The summed E-state index contributed by atoms with van der Waals surface area (Å²) in [7, 11) is 1.41. The minimum Gasteiger partial charge on any atom is -0.469 e. The van der Waals surface area contributed by atoms with E-state index in [1.165, 1.54) is 12.0 Å². The first-order valence-corrected chi connectivity index (χ1v) is 6.65. The van der Waals surface area contributed by atoms with Crippen molar-refractivity contribution in [2.75, 3.05) is 13.7 Å². The molecule has 1 heterocycles. The Balaban J connectivity index is 2.44. The number of hydrogen-bond donors (Lipinski definition) is 1. The molecule has 1 aromatic heterocycles. The van der Waals surface area contributed by atoms with Crippen LogP contribution in [-0.4, -0.2) is 24.6 Å².